The first-order valence-electron chi connectivity index (χ1n) is 29.2. The Balaban J connectivity index is 4.67. The Bertz CT molecular complexity index is 1250. The lowest BCUT2D eigenvalue weighted by Crippen LogP contribution is -2.46. The van der Waals surface area contributed by atoms with Crippen molar-refractivity contribution in [3.63, 3.8) is 0 Å². The van der Waals surface area contributed by atoms with E-state index >= 15 is 0 Å². The quantitative estimate of drug-likeness (QED) is 0.0321. The number of aliphatic hydroxyl groups excluding tert-OH is 2. The van der Waals surface area contributed by atoms with Crippen molar-refractivity contribution in [3.8, 4) is 0 Å². The summed E-state index contributed by atoms with van der Waals surface area (Å²) in [5.41, 5.74) is 0. The summed E-state index contributed by atoms with van der Waals surface area (Å²) in [6.07, 6.45) is 71.1. The molecular formula is C62H111NO5. The highest BCUT2D eigenvalue weighted by Gasteiger charge is 2.24. The first kappa shape index (κ1) is 65.3. The van der Waals surface area contributed by atoms with Gasteiger partial charge in [-0.05, 0) is 96.3 Å². The van der Waals surface area contributed by atoms with E-state index in [1.165, 1.54) is 154 Å². The molecule has 0 rings (SSSR count). The molecule has 0 aromatic heterocycles. The van der Waals surface area contributed by atoms with Gasteiger partial charge in [0.15, 0.2) is 0 Å². The van der Waals surface area contributed by atoms with Gasteiger partial charge >= 0.3 is 5.97 Å². The van der Waals surface area contributed by atoms with Gasteiger partial charge in [-0.1, -0.05) is 248 Å². The smallest absolute Gasteiger partial charge is 0.306 e. The first-order valence-corrected chi connectivity index (χ1v) is 29.2. The Morgan fingerprint density at radius 1 is 0.426 bits per heavy atom. The molecule has 0 bridgehead atoms. The largest absolute Gasteiger partial charge is 0.462 e. The summed E-state index contributed by atoms with van der Waals surface area (Å²) in [5, 5.41) is 23.9. The lowest BCUT2D eigenvalue weighted by molar-refractivity contribution is -0.151. The molecule has 6 heteroatoms. The Labute approximate surface area is 421 Å². The summed E-state index contributed by atoms with van der Waals surface area (Å²) in [7, 11) is 0. The summed E-state index contributed by atoms with van der Waals surface area (Å²) in [4.78, 5) is 26.3. The van der Waals surface area contributed by atoms with Gasteiger partial charge in [0.2, 0.25) is 5.91 Å². The Morgan fingerprint density at radius 2 is 0.750 bits per heavy atom. The lowest BCUT2D eigenvalue weighted by Gasteiger charge is -2.24. The van der Waals surface area contributed by atoms with Crippen LogP contribution in [0.1, 0.15) is 284 Å². The van der Waals surface area contributed by atoms with Gasteiger partial charge in [-0.3, -0.25) is 9.59 Å². The molecule has 0 saturated heterocycles. The molecular weight excluding hydrogens is 839 g/mol. The fourth-order valence-corrected chi connectivity index (χ4v) is 8.57. The summed E-state index contributed by atoms with van der Waals surface area (Å²) in [6.45, 7) is 6.44. The highest BCUT2D eigenvalue weighted by Crippen LogP contribution is 2.18. The standard InChI is InChI=1S/C62H111NO5/c1-4-7-10-13-16-19-22-25-28-30-33-35-38-41-44-47-50-53-58(68-62(67)55-52-49-46-43-40-37-34-31-29-26-23-20-17-14-11-8-5-2)56-61(66)63-59(57-64)60(65)54-51-48-45-42-39-36-32-27-24-21-18-15-12-9-6-3/h16-17,19-20,25-26,28-29,34,37,43,46,58-60,64-65H,4-15,18,21-24,27,30-33,35-36,38-42,44-45,47-57H2,1-3H3,(H,63,66)/b19-16-,20-17-,28-25-,29-26-,37-34-,46-43-. The van der Waals surface area contributed by atoms with E-state index < -0.39 is 18.2 Å². The molecule has 394 valence electrons. The maximum absolute atomic E-state index is 13.3. The molecule has 3 unspecified atom stereocenters. The molecule has 6 nitrogen and oxygen atoms in total. The van der Waals surface area contributed by atoms with Crippen LogP contribution in [0, 0.1) is 0 Å². The summed E-state index contributed by atoms with van der Waals surface area (Å²) >= 11 is 0. The number of hydrogen-bond acceptors (Lipinski definition) is 5. The van der Waals surface area contributed by atoms with E-state index in [9.17, 15) is 19.8 Å². The van der Waals surface area contributed by atoms with Gasteiger partial charge in [-0.2, -0.15) is 0 Å². The van der Waals surface area contributed by atoms with Crippen LogP contribution in [0.3, 0.4) is 0 Å². The number of nitrogens with one attached hydrogen (secondary N) is 1. The van der Waals surface area contributed by atoms with Gasteiger partial charge < -0.3 is 20.3 Å². The first-order chi connectivity index (χ1) is 33.5. The van der Waals surface area contributed by atoms with Crippen LogP contribution in [0.5, 0.6) is 0 Å². The second-order valence-corrected chi connectivity index (χ2v) is 19.7. The van der Waals surface area contributed by atoms with Crippen LogP contribution in [0.2, 0.25) is 0 Å². The summed E-state index contributed by atoms with van der Waals surface area (Å²) in [6, 6.07) is -0.719. The zero-order valence-corrected chi connectivity index (χ0v) is 45.0. The topological polar surface area (TPSA) is 95.9 Å². The normalized spacial score (nSPS) is 13.7. The number of allylic oxidation sites excluding steroid dienone is 12. The molecule has 0 spiro atoms. The van der Waals surface area contributed by atoms with Crippen LogP contribution in [0.15, 0.2) is 72.9 Å². The number of hydrogen-bond donors (Lipinski definition) is 3. The van der Waals surface area contributed by atoms with Crippen LogP contribution in [-0.4, -0.2) is 46.9 Å². The number of unbranched alkanes of at least 4 members (excludes halogenated alkanes) is 28. The van der Waals surface area contributed by atoms with Crippen molar-refractivity contribution < 1.29 is 24.5 Å². The van der Waals surface area contributed by atoms with Gasteiger partial charge in [0.25, 0.3) is 0 Å². The van der Waals surface area contributed by atoms with E-state index in [2.05, 4.69) is 99.0 Å². The van der Waals surface area contributed by atoms with Crippen LogP contribution in [0.25, 0.3) is 0 Å². The number of amides is 1. The predicted octanol–water partition coefficient (Wildman–Crippen LogP) is 18.1. The molecule has 0 heterocycles. The third-order valence-electron chi connectivity index (χ3n) is 13.0. The SMILES string of the molecule is CCCCC/C=C\C/C=C\C/C=C\C/C=C\CCCC(=O)OC(CCCCCCCCC/C=C\C/C=C\CCCCC)CC(=O)NC(CO)C(O)CCCCCCCCCCCCCCCCC. The highest BCUT2D eigenvalue weighted by molar-refractivity contribution is 5.77. The number of ether oxygens (including phenoxy) is 1. The van der Waals surface area contributed by atoms with Gasteiger partial charge in [-0.25, -0.2) is 0 Å². The van der Waals surface area contributed by atoms with Gasteiger partial charge in [0.05, 0.1) is 25.2 Å². The maximum atomic E-state index is 13.3. The molecule has 3 N–H and O–H groups in total. The maximum Gasteiger partial charge on any atom is 0.306 e. The molecule has 0 radical (unpaired) electrons. The highest BCUT2D eigenvalue weighted by atomic mass is 16.5. The fourth-order valence-electron chi connectivity index (χ4n) is 8.57. The molecule has 0 aromatic rings. The van der Waals surface area contributed by atoms with Crippen molar-refractivity contribution in [2.24, 2.45) is 0 Å². The van der Waals surface area contributed by atoms with Crippen LogP contribution < -0.4 is 5.32 Å². The number of carbonyl (C=O) groups excluding carboxylic acids is 2. The minimum Gasteiger partial charge on any atom is -0.462 e. The summed E-state index contributed by atoms with van der Waals surface area (Å²) in [5.74, 6) is -0.543. The van der Waals surface area contributed by atoms with E-state index in [1.54, 1.807) is 0 Å². The average molecular weight is 951 g/mol. The van der Waals surface area contributed by atoms with Crippen molar-refractivity contribution >= 4 is 11.9 Å². The fraction of sp³-hybridized carbons (Fsp3) is 0.774. The molecule has 0 fully saturated rings. The van der Waals surface area contributed by atoms with E-state index in [1.807, 2.05) is 0 Å². The lowest BCUT2D eigenvalue weighted by atomic mass is 10.0. The van der Waals surface area contributed by atoms with Crippen molar-refractivity contribution in [1.82, 2.24) is 5.32 Å². The van der Waals surface area contributed by atoms with Gasteiger partial charge in [-0.15, -0.1) is 0 Å². The molecule has 0 aliphatic rings. The van der Waals surface area contributed by atoms with Crippen molar-refractivity contribution in [2.45, 2.75) is 302 Å². The average Bonchev–Trinajstić information content (AvgIpc) is 3.33. The second kappa shape index (κ2) is 55.2. The van der Waals surface area contributed by atoms with E-state index in [-0.39, 0.29) is 24.9 Å². The molecule has 68 heavy (non-hydrogen) atoms. The van der Waals surface area contributed by atoms with Crippen LogP contribution >= 0.6 is 0 Å². The Morgan fingerprint density at radius 3 is 1.16 bits per heavy atom. The Kier molecular flexibility index (Phi) is 53.0. The second-order valence-electron chi connectivity index (χ2n) is 19.7. The van der Waals surface area contributed by atoms with Crippen LogP contribution in [0.4, 0.5) is 0 Å². The van der Waals surface area contributed by atoms with Gasteiger partial charge in [0, 0.05) is 6.42 Å². The molecule has 0 aliphatic heterocycles. The minimum absolute atomic E-state index is 0.0489. The Hall–Kier alpha value is -2.70. The van der Waals surface area contributed by atoms with Crippen molar-refractivity contribution in [2.75, 3.05) is 6.61 Å². The zero-order valence-electron chi connectivity index (χ0n) is 45.0. The molecule has 0 aromatic carbocycles. The van der Waals surface area contributed by atoms with E-state index in [0.717, 1.165) is 77.0 Å². The van der Waals surface area contributed by atoms with Crippen molar-refractivity contribution in [1.29, 1.82) is 0 Å². The van der Waals surface area contributed by atoms with Crippen LogP contribution in [-0.2, 0) is 14.3 Å². The number of carbonyl (C=O) groups is 2. The third-order valence-corrected chi connectivity index (χ3v) is 13.0. The number of aliphatic hydroxyl groups is 2. The summed E-state index contributed by atoms with van der Waals surface area (Å²) < 4.78 is 5.93. The number of esters is 1. The molecule has 3 atom stereocenters. The van der Waals surface area contributed by atoms with Crippen molar-refractivity contribution in [3.05, 3.63) is 72.9 Å². The molecule has 0 aliphatic carbocycles. The zero-order chi connectivity index (χ0) is 49.5. The molecule has 0 saturated carbocycles. The monoisotopic (exact) mass is 950 g/mol. The third kappa shape index (κ3) is 49.7. The van der Waals surface area contributed by atoms with Gasteiger partial charge in [0.1, 0.15) is 6.10 Å². The minimum atomic E-state index is -0.803. The van der Waals surface area contributed by atoms with E-state index in [0.29, 0.717) is 25.7 Å². The predicted molar refractivity (Wildman–Crippen MR) is 296 cm³/mol. The number of rotatable bonds is 52. The van der Waals surface area contributed by atoms with E-state index in [4.69, 9.17) is 4.74 Å². The molecule has 1 amide bonds.